The smallest absolute Gasteiger partial charge is 0.312 e. The van der Waals surface area contributed by atoms with Crippen molar-refractivity contribution in [2.24, 2.45) is 5.73 Å². The number of primary amides is 1. The summed E-state index contributed by atoms with van der Waals surface area (Å²) in [6.07, 6.45) is 0. The van der Waals surface area contributed by atoms with Gasteiger partial charge in [0, 0.05) is 0 Å². The Hall–Kier alpha value is -2.24. The van der Waals surface area contributed by atoms with Crippen molar-refractivity contribution in [1.29, 1.82) is 0 Å². The van der Waals surface area contributed by atoms with Gasteiger partial charge in [0.2, 0.25) is 5.91 Å². The number of hydrogen-bond acceptors (Lipinski definition) is 3. The summed E-state index contributed by atoms with van der Waals surface area (Å²) in [5.74, 6) is 0.445. The molecule has 6 heteroatoms. The van der Waals surface area contributed by atoms with Crippen LogP contribution in [0.2, 0.25) is 0 Å². The molecule has 0 saturated carbocycles. The van der Waals surface area contributed by atoms with Crippen LogP contribution in [0.4, 0.5) is 4.79 Å². The molecule has 0 fully saturated rings. The summed E-state index contributed by atoms with van der Waals surface area (Å²) in [7, 11) is 0. The van der Waals surface area contributed by atoms with Crippen LogP contribution in [0.25, 0.3) is 0 Å². The summed E-state index contributed by atoms with van der Waals surface area (Å²) < 4.78 is 5.39. The zero-order valence-electron chi connectivity index (χ0n) is 10.2. The number of rotatable bonds is 6. The largest absolute Gasteiger partial charge is 0.492 e. The molecule has 6 nitrogen and oxygen atoms in total. The maximum atomic E-state index is 11.5. The van der Waals surface area contributed by atoms with Gasteiger partial charge in [-0.3, -0.25) is 4.79 Å². The molecule has 1 rings (SSSR count). The predicted octanol–water partition coefficient (Wildman–Crippen LogP) is 0.238. The van der Waals surface area contributed by atoms with Gasteiger partial charge < -0.3 is 21.1 Å². The summed E-state index contributed by atoms with van der Waals surface area (Å²) in [5, 5.41) is 4.91. The molecule has 1 unspecified atom stereocenters. The average Bonchev–Trinajstić information content (AvgIpc) is 2.34. The third kappa shape index (κ3) is 5.20. The van der Waals surface area contributed by atoms with Crippen molar-refractivity contribution >= 4 is 11.9 Å². The third-order valence-electron chi connectivity index (χ3n) is 2.17. The molecule has 0 aliphatic carbocycles. The van der Waals surface area contributed by atoms with E-state index in [1.807, 2.05) is 30.3 Å². The van der Waals surface area contributed by atoms with Gasteiger partial charge in [-0.15, -0.1) is 0 Å². The standard InChI is InChI=1S/C12H17N3O3/c1-9(15-12(13)17)11(16)14-7-8-18-10-5-3-2-4-6-10/h2-6,9H,7-8H2,1H3,(H,14,16)(H3,13,15,17). The minimum Gasteiger partial charge on any atom is -0.492 e. The fourth-order valence-corrected chi connectivity index (χ4v) is 1.29. The summed E-state index contributed by atoms with van der Waals surface area (Å²) in [5.41, 5.74) is 4.91. The van der Waals surface area contributed by atoms with E-state index < -0.39 is 12.1 Å². The first-order chi connectivity index (χ1) is 8.59. The molecule has 1 aromatic carbocycles. The Kier molecular flexibility index (Phi) is 5.50. The number of nitrogens with two attached hydrogens (primary N) is 1. The number of amides is 3. The van der Waals surface area contributed by atoms with Gasteiger partial charge in [0.1, 0.15) is 18.4 Å². The lowest BCUT2D eigenvalue weighted by molar-refractivity contribution is -0.122. The molecular formula is C12H17N3O3. The molecule has 98 valence electrons. The second-order valence-corrected chi connectivity index (χ2v) is 3.68. The summed E-state index contributed by atoms with van der Waals surface area (Å²) in [6, 6.07) is 7.92. The number of para-hydroxylation sites is 1. The Morgan fingerprint density at radius 1 is 1.33 bits per heavy atom. The lowest BCUT2D eigenvalue weighted by Gasteiger charge is -2.12. The van der Waals surface area contributed by atoms with Gasteiger partial charge in [0.05, 0.1) is 6.54 Å². The van der Waals surface area contributed by atoms with Crippen molar-refractivity contribution in [3.63, 3.8) is 0 Å². The molecule has 1 atom stereocenters. The highest BCUT2D eigenvalue weighted by molar-refractivity contribution is 5.86. The van der Waals surface area contributed by atoms with Crippen LogP contribution in [0, 0.1) is 0 Å². The first-order valence-corrected chi connectivity index (χ1v) is 5.61. The van der Waals surface area contributed by atoms with E-state index in [1.165, 1.54) is 0 Å². The molecule has 0 bridgehead atoms. The van der Waals surface area contributed by atoms with Crippen molar-refractivity contribution < 1.29 is 14.3 Å². The first kappa shape index (κ1) is 13.8. The third-order valence-corrected chi connectivity index (χ3v) is 2.17. The maximum absolute atomic E-state index is 11.5. The van der Waals surface area contributed by atoms with Crippen LogP contribution in [-0.4, -0.2) is 31.1 Å². The van der Waals surface area contributed by atoms with Crippen LogP contribution in [-0.2, 0) is 4.79 Å². The summed E-state index contributed by atoms with van der Waals surface area (Å²) >= 11 is 0. The highest BCUT2D eigenvalue weighted by Gasteiger charge is 2.12. The van der Waals surface area contributed by atoms with E-state index in [-0.39, 0.29) is 5.91 Å². The molecule has 0 aliphatic heterocycles. The molecule has 0 spiro atoms. The van der Waals surface area contributed by atoms with Crippen molar-refractivity contribution in [3.05, 3.63) is 30.3 Å². The van der Waals surface area contributed by atoms with Gasteiger partial charge in [-0.1, -0.05) is 18.2 Å². The summed E-state index contributed by atoms with van der Waals surface area (Å²) in [4.78, 5) is 22.0. The Balaban J connectivity index is 2.18. The Morgan fingerprint density at radius 3 is 2.61 bits per heavy atom. The SMILES string of the molecule is CC(NC(N)=O)C(=O)NCCOc1ccccc1. The van der Waals surface area contributed by atoms with E-state index in [4.69, 9.17) is 10.5 Å². The fraction of sp³-hybridized carbons (Fsp3) is 0.333. The molecule has 4 N–H and O–H groups in total. The predicted molar refractivity (Wildman–Crippen MR) is 67.1 cm³/mol. The van der Waals surface area contributed by atoms with Crippen LogP contribution < -0.4 is 21.1 Å². The lowest BCUT2D eigenvalue weighted by atomic mass is 10.3. The van der Waals surface area contributed by atoms with E-state index in [1.54, 1.807) is 6.92 Å². The van der Waals surface area contributed by atoms with Crippen molar-refractivity contribution in [1.82, 2.24) is 10.6 Å². The quantitative estimate of drug-likeness (QED) is 0.632. The zero-order chi connectivity index (χ0) is 13.4. The Bertz CT molecular complexity index is 395. The molecular weight excluding hydrogens is 234 g/mol. The lowest BCUT2D eigenvalue weighted by Crippen LogP contribution is -2.47. The van der Waals surface area contributed by atoms with Crippen LogP contribution in [0.3, 0.4) is 0 Å². The molecule has 3 amide bonds. The van der Waals surface area contributed by atoms with Gasteiger partial charge in [0.15, 0.2) is 0 Å². The maximum Gasteiger partial charge on any atom is 0.312 e. The number of ether oxygens (including phenoxy) is 1. The molecule has 1 aromatic rings. The molecule has 0 aromatic heterocycles. The van der Waals surface area contributed by atoms with Crippen molar-refractivity contribution in [2.45, 2.75) is 13.0 Å². The van der Waals surface area contributed by atoms with Crippen LogP contribution in [0.15, 0.2) is 30.3 Å². The highest BCUT2D eigenvalue weighted by Crippen LogP contribution is 2.07. The number of carbonyl (C=O) groups excluding carboxylic acids is 2. The minimum absolute atomic E-state index is 0.300. The van der Waals surface area contributed by atoms with Gasteiger partial charge in [-0.25, -0.2) is 4.79 Å². The number of benzene rings is 1. The molecule has 0 saturated heterocycles. The van der Waals surface area contributed by atoms with Gasteiger partial charge in [-0.05, 0) is 19.1 Å². The molecule has 0 heterocycles. The number of urea groups is 1. The van der Waals surface area contributed by atoms with Crippen LogP contribution in [0.1, 0.15) is 6.92 Å². The first-order valence-electron chi connectivity index (χ1n) is 5.61. The number of hydrogen-bond donors (Lipinski definition) is 3. The number of nitrogens with one attached hydrogen (secondary N) is 2. The Labute approximate surface area is 105 Å². The minimum atomic E-state index is -0.724. The average molecular weight is 251 g/mol. The van der Waals surface area contributed by atoms with E-state index in [0.29, 0.717) is 13.2 Å². The molecule has 18 heavy (non-hydrogen) atoms. The monoisotopic (exact) mass is 251 g/mol. The fourth-order valence-electron chi connectivity index (χ4n) is 1.29. The second-order valence-electron chi connectivity index (χ2n) is 3.68. The zero-order valence-corrected chi connectivity index (χ0v) is 10.2. The van der Waals surface area contributed by atoms with Gasteiger partial charge in [0.25, 0.3) is 0 Å². The molecule has 0 radical (unpaired) electrons. The van der Waals surface area contributed by atoms with E-state index >= 15 is 0 Å². The van der Waals surface area contributed by atoms with Crippen molar-refractivity contribution in [2.75, 3.05) is 13.2 Å². The van der Waals surface area contributed by atoms with E-state index in [0.717, 1.165) is 5.75 Å². The van der Waals surface area contributed by atoms with Crippen LogP contribution in [0.5, 0.6) is 5.75 Å². The van der Waals surface area contributed by atoms with E-state index in [2.05, 4.69) is 10.6 Å². The van der Waals surface area contributed by atoms with Gasteiger partial charge >= 0.3 is 6.03 Å². The topological polar surface area (TPSA) is 93.5 Å². The summed E-state index contributed by atoms with van der Waals surface area (Å²) in [6.45, 7) is 2.27. The van der Waals surface area contributed by atoms with Crippen LogP contribution >= 0.6 is 0 Å². The molecule has 0 aliphatic rings. The number of carbonyl (C=O) groups is 2. The van der Waals surface area contributed by atoms with Gasteiger partial charge in [-0.2, -0.15) is 0 Å². The Morgan fingerprint density at radius 2 is 2.00 bits per heavy atom. The normalized spacial score (nSPS) is 11.4. The highest BCUT2D eigenvalue weighted by atomic mass is 16.5. The van der Waals surface area contributed by atoms with E-state index in [9.17, 15) is 9.59 Å². The van der Waals surface area contributed by atoms with Crippen molar-refractivity contribution in [3.8, 4) is 5.75 Å². The second kappa shape index (κ2) is 7.16.